The van der Waals surface area contributed by atoms with Crippen LogP contribution in [0.2, 0.25) is 0 Å². The van der Waals surface area contributed by atoms with Crippen LogP contribution in [0.15, 0.2) is 0 Å². The molecule has 0 aromatic rings. The van der Waals surface area contributed by atoms with Crippen LogP contribution in [0.4, 0.5) is 0 Å². The molecule has 1 heterocycles. The van der Waals surface area contributed by atoms with Gasteiger partial charge in [0.05, 0.1) is 31.7 Å². The molecule has 1 aliphatic rings. The summed E-state index contributed by atoms with van der Waals surface area (Å²) in [7, 11) is 1.33. The molecule has 0 aromatic carbocycles. The van der Waals surface area contributed by atoms with Crippen LogP contribution in [0.3, 0.4) is 0 Å². The zero-order chi connectivity index (χ0) is 13.0. The zero-order valence-corrected chi connectivity index (χ0v) is 10.9. The zero-order valence-electron chi connectivity index (χ0n) is 10.9. The maximum absolute atomic E-state index is 11.9. The van der Waals surface area contributed by atoms with Gasteiger partial charge < -0.3 is 14.8 Å². The Morgan fingerprint density at radius 2 is 1.88 bits per heavy atom. The van der Waals surface area contributed by atoms with E-state index in [9.17, 15) is 9.59 Å². The fourth-order valence-electron chi connectivity index (χ4n) is 2.23. The molecule has 1 rings (SSSR count). The van der Waals surface area contributed by atoms with E-state index < -0.39 is 0 Å². The number of ether oxygens (including phenoxy) is 2. The molecule has 1 aliphatic heterocycles. The molecule has 0 bridgehead atoms. The van der Waals surface area contributed by atoms with Crippen molar-refractivity contribution in [3.05, 3.63) is 0 Å². The summed E-state index contributed by atoms with van der Waals surface area (Å²) in [6.07, 6.45) is 0.230. The van der Waals surface area contributed by atoms with E-state index >= 15 is 0 Å². The number of amides is 1. The highest BCUT2D eigenvalue weighted by atomic mass is 16.5. The number of carbonyl (C=O) groups excluding carboxylic acids is 2. The van der Waals surface area contributed by atoms with Crippen LogP contribution in [0, 0.1) is 11.8 Å². The minimum absolute atomic E-state index is 0.0433. The molecule has 1 amide bonds. The van der Waals surface area contributed by atoms with Crippen molar-refractivity contribution in [3.8, 4) is 0 Å². The highest BCUT2D eigenvalue weighted by Crippen LogP contribution is 2.32. The molecule has 4 unspecified atom stereocenters. The highest BCUT2D eigenvalue weighted by Gasteiger charge is 2.41. The molecule has 0 aromatic heterocycles. The second-order valence-corrected chi connectivity index (χ2v) is 4.55. The number of carbonyl (C=O) groups is 2. The predicted octanol–water partition coefficient (Wildman–Crippen LogP) is 0.725. The van der Waals surface area contributed by atoms with Crippen LogP contribution in [0.5, 0.6) is 0 Å². The molecule has 17 heavy (non-hydrogen) atoms. The molecule has 0 saturated carbocycles. The molecule has 1 fully saturated rings. The van der Waals surface area contributed by atoms with E-state index in [1.165, 1.54) is 7.11 Å². The second kappa shape index (κ2) is 6.00. The number of hydrogen-bond acceptors (Lipinski definition) is 4. The van der Waals surface area contributed by atoms with Gasteiger partial charge in [-0.3, -0.25) is 9.59 Å². The number of nitrogens with one attached hydrogen (secondary N) is 1. The Bertz CT molecular complexity index is 292. The van der Waals surface area contributed by atoms with Gasteiger partial charge in [0.2, 0.25) is 5.91 Å². The van der Waals surface area contributed by atoms with Crippen LogP contribution in [0.25, 0.3) is 0 Å². The van der Waals surface area contributed by atoms with Gasteiger partial charge in [-0.2, -0.15) is 0 Å². The molecule has 1 N–H and O–H groups in total. The third-order valence-corrected chi connectivity index (χ3v) is 3.40. The normalized spacial score (nSPS) is 32.2. The van der Waals surface area contributed by atoms with Gasteiger partial charge in [0.25, 0.3) is 0 Å². The molecule has 4 atom stereocenters. The van der Waals surface area contributed by atoms with Gasteiger partial charge in [-0.15, -0.1) is 0 Å². The van der Waals surface area contributed by atoms with Crippen LogP contribution >= 0.6 is 0 Å². The lowest BCUT2D eigenvalue weighted by Crippen LogP contribution is -2.38. The molecule has 5 heteroatoms. The lowest BCUT2D eigenvalue weighted by molar-refractivity contribution is -0.140. The average molecular weight is 243 g/mol. The van der Waals surface area contributed by atoms with Crippen LogP contribution in [-0.2, 0) is 19.1 Å². The summed E-state index contributed by atoms with van der Waals surface area (Å²) in [4.78, 5) is 22.8. The van der Waals surface area contributed by atoms with Crippen LogP contribution in [0.1, 0.15) is 27.2 Å². The molecule has 0 aliphatic carbocycles. The average Bonchev–Trinajstić information content (AvgIpc) is 2.52. The van der Waals surface area contributed by atoms with Crippen molar-refractivity contribution in [2.24, 2.45) is 11.8 Å². The van der Waals surface area contributed by atoms with E-state index in [1.807, 2.05) is 20.8 Å². The smallest absolute Gasteiger partial charge is 0.307 e. The van der Waals surface area contributed by atoms with Crippen molar-refractivity contribution in [2.75, 3.05) is 13.7 Å². The molecule has 5 nitrogen and oxygen atoms in total. The molecular weight excluding hydrogens is 222 g/mol. The van der Waals surface area contributed by atoms with E-state index in [0.29, 0.717) is 6.54 Å². The molecule has 1 saturated heterocycles. The monoisotopic (exact) mass is 243 g/mol. The highest BCUT2D eigenvalue weighted by molar-refractivity contribution is 5.80. The Morgan fingerprint density at radius 3 is 2.35 bits per heavy atom. The number of esters is 1. The number of hydrogen-bond donors (Lipinski definition) is 1. The summed E-state index contributed by atoms with van der Waals surface area (Å²) in [5, 5.41) is 2.75. The van der Waals surface area contributed by atoms with E-state index in [2.05, 4.69) is 10.1 Å². The summed E-state index contributed by atoms with van der Waals surface area (Å²) in [5.74, 6) is -0.300. The standard InChI is InChI=1S/C12H21NO4/c1-7-8(2)17-9(3)11(7)12(15)13-6-5-10(14)16-4/h7-9,11H,5-6H2,1-4H3,(H,13,15). The van der Waals surface area contributed by atoms with Crippen molar-refractivity contribution in [1.82, 2.24) is 5.32 Å². The fourth-order valence-corrected chi connectivity index (χ4v) is 2.23. The Morgan fingerprint density at radius 1 is 1.24 bits per heavy atom. The van der Waals surface area contributed by atoms with Gasteiger partial charge in [-0.25, -0.2) is 0 Å². The van der Waals surface area contributed by atoms with Crippen molar-refractivity contribution >= 4 is 11.9 Å². The first-order valence-electron chi connectivity index (χ1n) is 5.97. The van der Waals surface area contributed by atoms with Crippen LogP contribution in [-0.4, -0.2) is 37.7 Å². The van der Waals surface area contributed by atoms with Gasteiger partial charge in [0, 0.05) is 6.54 Å². The Balaban J connectivity index is 2.40. The minimum Gasteiger partial charge on any atom is -0.469 e. The molecule has 0 radical (unpaired) electrons. The summed E-state index contributed by atoms with van der Waals surface area (Å²) < 4.78 is 10.1. The predicted molar refractivity (Wildman–Crippen MR) is 62.3 cm³/mol. The third-order valence-electron chi connectivity index (χ3n) is 3.40. The van der Waals surface area contributed by atoms with Crippen molar-refractivity contribution in [2.45, 2.75) is 39.4 Å². The minimum atomic E-state index is -0.317. The molecular formula is C12H21NO4. The van der Waals surface area contributed by atoms with Crippen molar-refractivity contribution in [1.29, 1.82) is 0 Å². The third kappa shape index (κ3) is 3.43. The van der Waals surface area contributed by atoms with E-state index in [1.54, 1.807) is 0 Å². The molecule has 98 valence electrons. The Kier molecular flexibility index (Phi) is 4.93. The van der Waals surface area contributed by atoms with Gasteiger partial charge >= 0.3 is 5.97 Å². The van der Waals surface area contributed by atoms with Gasteiger partial charge in [-0.1, -0.05) is 6.92 Å². The maximum Gasteiger partial charge on any atom is 0.307 e. The molecule has 0 spiro atoms. The van der Waals surface area contributed by atoms with E-state index in [-0.39, 0.29) is 42.3 Å². The van der Waals surface area contributed by atoms with Crippen molar-refractivity contribution in [3.63, 3.8) is 0 Å². The number of rotatable bonds is 4. The lowest BCUT2D eigenvalue weighted by Gasteiger charge is -2.17. The summed E-state index contributed by atoms with van der Waals surface area (Å²) in [5.41, 5.74) is 0. The lowest BCUT2D eigenvalue weighted by atomic mass is 9.89. The van der Waals surface area contributed by atoms with E-state index in [0.717, 1.165) is 0 Å². The second-order valence-electron chi connectivity index (χ2n) is 4.55. The Hall–Kier alpha value is -1.10. The van der Waals surface area contributed by atoms with Crippen molar-refractivity contribution < 1.29 is 19.1 Å². The largest absolute Gasteiger partial charge is 0.469 e. The fraction of sp³-hybridized carbons (Fsp3) is 0.833. The number of methoxy groups -OCH3 is 1. The summed E-state index contributed by atoms with van der Waals surface area (Å²) in [6.45, 7) is 6.21. The van der Waals surface area contributed by atoms with Crippen LogP contribution < -0.4 is 5.32 Å². The quantitative estimate of drug-likeness (QED) is 0.739. The van der Waals surface area contributed by atoms with Gasteiger partial charge in [0.1, 0.15) is 0 Å². The van der Waals surface area contributed by atoms with Gasteiger partial charge in [-0.05, 0) is 19.8 Å². The topological polar surface area (TPSA) is 64.6 Å². The maximum atomic E-state index is 11.9. The van der Waals surface area contributed by atoms with Gasteiger partial charge in [0.15, 0.2) is 0 Å². The first kappa shape index (κ1) is 14.0. The summed E-state index contributed by atoms with van der Waals surface area (Å²) >= 11 is 0. The summed E-state index contributed by atoms with van der Waals surface area (Å²) in [6, 6.07) is 0. The first-order valence-corrected chi connectivity index (χ1v) is 5.97. The SMILES string of the molecule is COC(=O)CCNC(=O)C1C(C)OC(C)C1C. The Labute approximate surface area is 102 Å². The first-order chi connectivity index (χ1) is 7.97. The van der Waals surface area contributed by atoms with E-state index in [4.69, 9.17) is 4.74 Å².